The predicted molar refractivity (Wildman–Crippen MR) is 84.7 cm³/mol. The first-order valence-corrected chi connectivity index (χ1v) is 8.25. The van der Waals surface area contributed by atoms with E-state index < -0.39 is 0 Å². The lowest BCUT2D eigenvalue weighted by Crippen LogP contribution is -2.57. The van der Waals surface area contributed by atoms with E-state index in [9.17, 15) is 0 Å². The van der Waals surface area contributed by atoms with Crippen molar-refractivity contribution in [3.05, 3.63) is 35.4 Å². The topological polar surface area (TPSA) is 29.3 Å². The summed E-state index contributed by atoms with van der Waals surface area (Å²) >= 11 is 0. The van der Waals surface area contributed by atoms with Crippen LogP contribution in [0, 0.1) is 5.92 Å². The first-order chi connectivity index (χ1) is 9.64. The number of fused-ring (bicyclic) bond motifs is 1. The number of rotatable bonds is 2. The third-order valence-electron chi connectivity index (χ3n) is 5.49. The zero-order valence-electron chi connectivity index (χ0n) is 12.9. The highest BCUT2D eigenvalue weighted by Gasteiger charge is 2.48. The molecule has 2 aliphatic rings. The minimum absolute atomic E-state index is 0.180. The van der Waals surface area contributed by atoms with Gasteiger partial charge in [0.05, 0.1) is 5.54 Å². The molecule has 2 N–H and O–H groups in total. The summed E-state index contributed by atoms with van der Waals surface area (Å²) in [5, 5.41) is 0. The highest BCUT2D eigenvalue weighted by Crippen LogP contribution is 2.43. The summed E-state index contributed by atoms with van der Waals surface area (Å²) in [4.78, 5) is 2.69. The fourth-order valence-corrected chi connectivity index (χ4v) is 4.21. The maximum atomic E-state index is 7.00. The summed E-state index contributed by atoms with van der Waals surface area (Å²) in [6.07, 6.45) is 6.57. The molecule has 1 fully saturated rings. The zero-order chi connectivity index (χ0) is 14.2. The Hall–Kier alpha value is -0.860. The van der Waals surface area contributed by atoms with Crippen molar-refractivity contribution in [2.45, 2.75) is 57.5 Å². The van der Waals surface area contributed by atoms with E-state index in [1.165, 1.54) is 49.9 Å². The molecule has 0 amide bonds. The van der Waals surface area contributed by atoms with E-state index in [2.05, 4.69) is 43.0 Å². The molecule has 2 heteroatoms. The van der Waals surface area contributed by atoms with Crippen LogP contribution in [-0.2, 0) is 12.0 Å². The largest absolute Gasteiger partial charge is 0.320 e. The molecule has 2 nitrogen and oxygen atoms in total. The molecule has 2 unspecified atom stereocenters. The Labute approximate surface area is 123 Å². The minimum atomic E-state index is -0.180. The third-order valence-corrected chi connectivity index (χ3v) is 5.49. The molecule has 1 aliphatic heterocycles. The van der Waals surface area contributed by atoms with Gasteiger partial charge in [-0.05, 0) is 49.4 Å². The molecule has 0 spiro atoms. The van der Waals surface area contributed by atoms with Crippen molar-refractivity contribution in [3.8, 4) is 0 Å². The number of hydrogen-bond donors (Lipinski definition) is 1. The second-order valence-corrected chi connectivity index (χ2v) is 6.91. The molecule has 3 rings (SSSR count). The van der Waals surface area contributed by atoms with Crippen LogP contribution in [0.1, 0.15) is 50.7 Å². The molecule has 1 aromatic carbocycles. The number of benzene rings is 1. The number of likely N-dealkylation sites (tertiary alicyclic amines) is 1. The van der Waals surface area contributed by atoms with Crippen LogP contribution in [0.25, 0.3) is 0 Å². The highest BCUT2D eigenvalue weighted by atomic mass is 15.2. The summed E-state index contributed by atoms with van der Waals surface area (Å²) in [5.41, 5.74) is 9.68. The van der Waals surface area contributed by atoms with E-state index in [0.717, 1.165) is 6.42 Å². The van der Waals surface area contributed by atoms with Crippen LogP contribution in [-0.4, -0.2) is 24.0 Å². The Balaban J connectivity index is 1.95. The molecule has 110 valence electrons. The van der Waals surface area contributed by atoms with Gasteiger partial charge in [-0.3, -0.25) is 4.90 Å². The molecule has 1 heterocycles. The van der Waals surface area contributed by atoms with Crippen molar-refractivity contribution in [2.75, 3.05) is 13.1 Å². The lowest BCUT2D eigenvalue weighted by Gasteiger charge is -2.42. The number of nitrogens with two attached hydrogens (primary N) is 1. The van der Waals surface area contributed by atoms with Crippen molar-refractivity contribution in [1.29, 1.82) is 0 Å². The Bertz CT molecular complexity index is 460. The van der Waals surface area contributed by atoms with Gasteiger partial charge in [-0.25, -0.2) is 0 Å². The first kappa shape index (κ1) is 14.1. The fourth-order valence-electron chi connectivity index (χ4n) is 4.21. The fraction of sp³-hybridized carbons (Fsp3) is 0.667. The van der Waals surface area contributed by atoms with Crippen LogP contribution in [0.4, 0.5) is 0 Å². The van der Waals surface area contributed by atoms with Gasteiger partial charge in [0, 0.05) is 6.04 Å². The van der Waals surface area contributed by atoms with E-state index in [0.29, 0.717) is 12.0 Å². The van der Waals surface area contributed by atoms with Crippen molar-refractivity contribution < 1.29 is 0 Å². The van der Waals surface area contributed by atoms with Gasteiger partial charge >= 0.3 is 0 Å². The molecule has 20 heavy (non-hydrogen) atoms. The number of hydrogen-bond acceptors (Lipinski definition) is 2. The normalized spacial score (nSPS) is 31.3. The van der Waals surface area contributed by atoms with Crippen LogP contribution in [0.2, 0.25) is 0 Å². The molecule has 0 radical (unpaired) electrons. The molecule has 1 aromatic rings. The van der Waals surface area contributed by atoms with Gasteiger partial charge in [0.1, 0.15) is 0 Å². The SMILES string of the molecule is CC(C)C1(N)c2ccccc2CC1N1CCCCCC1. The smallest absolute Gasteiger partial charge is 0.0596 e. The van der Waals surface area contributed by atoms with Crippen LogP contribution in [0.15, 0.2) is 24.3 Å². The van der Waals surface area contributed by atoms with Gasteiger partial charge in [-0.1, -0.05) is 51.0 Å². The molecule has 0 bridgehead atoms. The summed E-state index contributed by atoms with van der Waals surface area (Å²) in [5.74, 6) is 0.472. The Kier molecular flexibility index (Phi) is 3.87. The van der Waals surface area contributed by atoms with Gasteiger partial charge in [0.25, 0.3) is 0 Å². The van der Waals surface area contributed by atoms with E-state index in [1.54, 1.807) is 0 Å². The predicted octanol–water partition coefficient (Wildman–Crippen LogP) is 3.30. The molecule has 1 aliphatic carbocycles. The van der Waals surface area contributed by atoms with Crippen LogP contribution >= 0.6 is 0 Å². The maximum absolute atomic E-state index is 7.00. The average Bonchev–Trinajstić information content (AvgIpc) is 2.63. The van der Waals surface area contributed by atoms with Gasteiger partial charge in [-0.2, -0.15) is 0 Å². The first-order valence-electron chi connectivity index (χ1n) is 8.25. The standard InChI is InChI=1S/C18H28N2/c1-14(2)18(19)16-10-6-5-9-15(16)13-17(18)20-11-7-3-4-8-12-20/h5-6,9-10,14,17H,3-4,7-8,11-13,19H2,1-2H3. The minimum Gasteiger partial charge on any atom is -0.320 e. The highest BCUT2D eigenvalue weighted by molar-refractivity contribution is 5.42. The Morgan fingerprint density at radius 2 is 1.75 bits per heavy atom. The Morgan fingerprint density at radius 3 is 2.40 bits per heavy atom. The summed E-state index contributed by atoms with van der Waals surface area (Å²) in [7, 11) is 0. The summed E-state index contributed by atoms with van der Waals surface area (Å²) < 4.78 is 0. The molecular formula is C18H28N2. The van der Waals surface area contributed by atoms with Gasteiger partial charge < -0.3 is 5.73 Å². The van der Waals surface area contributed by atoms with E-state index in [1.807, 2.05) is 0 Å². The quantitative estimate of drug-likeness (QED) is 0.895. The summed E-state index contributed by atoms with van der Waals surface area (Å²) in [6.45, 7) is 7.02. The van der Waals surface area contributed by atoms with Gasteiger partial charge in [-0.15, -0.1) is 0 Å². The molecule has 2 atom stereocenters. The van der Waals surface area contributed by atoms with Gasteiger partial charge in [0.15, 0.2) is 0 Å². The van der Waals surface area contributed by atoms with Crippen LogP contribution < -0.4 is 5.73 Å². The van der Waals surface area contributed by atoms with Gasteiger partial charge in [0.2, 0.25) is 0 Å². The monoisotopic (exact) mass is 272 g/mol. The van der Waals surface area contributed by atoms with Crippen molar-refractivity contribution in [1.82, 2.24) is 4.90 Å². The molecule has 0 saturated carbocycles. The molecular weight excluding hydrogens is 244 g/mol. The van der Waals surface area contributed by atoms with Crippen LogP contribution in [0.5, 0.6) is 0 Å². The second-order valence-electron chi connectivity index (χ2n) is 6.91. The Morgan fingerprint density at radius 1 is 1.10 bits per heavy atom. The third kappa shape index (κ3) is 2.19. The average molecular weight is 272 g/mol. The van der Waals surface area contributed by atoms with E-state index >= 15 is 0 Å². The molecule has 0 aromatic heterocycles. The maximum Gasteiger partial charge on any atom is 0.0596 e. The summed E-state index contributed by atoms with van der Waals surface area (Å²) in [6, 6.07) is 9.32. The number of nitrogens with zero attached hydrogens (tertiary/aromatic N) is 1. The second kappa shape index (κ2) is 5.50. The molecule has 1 saturated heterocycles. The van der Waals surface area contributed by atoms with E-state index in [-0.39, 0.29) is 5.54 Å². The lowest BCUT2D eigenvalue weighted by molar-refractivity contribution is 0.104. The zero-order valence-corrected chi connectivity index (χ0v) is 12.9. The van der Waals surface area contributed by atoms with Crippen molar-refractivity contribution >= 4 is 0 Å². The van der Waals surface area contributed by atoms with Crippen molar-refractivity contribution in [2.24, 2.45) is 11.7 Å². The van der Waals surface area contributed by atoms with E-state index in [4.69, 9.17) is 5.73 Å². The van der Waals surface area contributed by atoms with Crippen LogP contribution in [0.3, 0.4) is 0 Å². The lowest BCUT2D eigenvalue weighted by atomic mass is 9.78. The van der Waals surface area contributed by atoms with Crippen molar-refractivity contribution in [3.63, 3.8) is 0 Å².